The fourth-order valence-electron chi connectivity index (χ4n) is 2.81. The summed E-state index contributed by atoms with van der Waals surface area (Å²) in [6, 6.07) is 8.22. The molecule has 0 aliphatic heterocycles. The third-order valence-corrected chi connectivity index (χ3v) is 4.06. The fraction of sp³-hybridized carbons (Fsp3) is 0.350. The van der Waals surface area contributed by atoms with E-state index in [4.69, 9.17) is 9.26 Å². The normalized spacial score (nSPS) is 10.9. The minimum Gasteiger partial charge on any atom is -0.493 e. The highest BCUT2D eigenvalue weighted by Crippen LogP contribution is 2.29. The molecule has 2 aromatic heterocycles. The van der Waals surface area contributed by atoms with Gasteiger partial charge in [-0.3, -0.25) is 4.98 Å². The Balaban J connectivity index is 1.61. The van der Waals surface area contributed by atoms with Gasteiger partial charge in [0.25, 0.3) is 5.89 Å². The minimum absolute atomic E-state index is 0.544. The predicted molar refractivity (Wildman–Crippen MR) is 96.7 cm³/mol. The molecule has 0 atom stereocenters. The zero-order valence-electron chi connectivity index (χ0n) is 15.2. The molecule has 0 radical (unpaired) electrons. The second kappa shape index (κ2) is 7.47. The maximum atomic E-state index is 6.02. The van der Waals surface area contributed by atoms with Crippen molar-refractivity contribution in [2.75, 3.05) is 6.61 Å². The van der Waals surface area contributed by atoms with E-state index in [0.717, 1.165) is 41.0 Å². The first-order chi connectivity index (χ1) is 12.0. The van der Waals surface area contributed by atoms with E-state index in [-0.39, 0.29) is 0 Å². The molecule has 0 spiro atoms. The van der Waals surface area contributed by atoms with E-state index in [0.29, 0.717) is 18.3 Å². The van der Waals surface area contributed by atoms with Gasteiger partial charge in [-0.1, -0.05) is 11.2 Å². The van der Waals surface area contributed by atoms with Gasteiger partial charge in [0.05, 0.1) is 6.61 Å². The molecule has 0 unspecified atom stereocenters. The maximum Gasteiger partial charge on any atom is 0.257 e. The molecule has 0 saturated heterocycles. The van der Waals surface area contributed by atoms with Crippen LogP contribution in [0.25, 0.3) is 11.5 Å². The Morgan fingerprint density at radius 2 is 1.80 bits per heavy atom. The van der Waals surface area contributed by atoms with E-state index in [1.54, 1.807) is 0 Å². The van der Waals surface area contributed by atoms with Gasteiger partial charge in [-0.2, -0.15) is 4.98 Å². The lowest BCUT2D eigenvalue weighted by Crippen LogP contribution is -2.03. The molecule has 0 fully saturated rings. The van der Waals surface area contributed by atoms with E-state index < -0.39 is 0 Å². The largest absolute Gasteiger partial charge is 0.493 e. The summed E-state index contributed by atoms with van der Waals surface area (Å²) in [7, 11) is 0. The third kappa shape index (κ3) is 4.24. The number of rotatable bonds is 6. The second-order valence-corrected chi connectivity index (χ2v) is 6.35. The Morgan fingerprint density at radius 1 is 1.04 bits per heavy atom. The summed E-state index contributed by atoms with van der Waals surface area (Å²) in [4.78, 5) is 8.61. The molecule has 0 saturated carbocycles. The Morgan fingerprint density at radius 3 is 2.40 bits per heavy atom. The summed E-state index contributed by atoms with van der Waals surface area (Å²) in [5.41, 5.74) is 5.35. The zero-order valence-corrected chi connectivity index (χ0v) is 15.2. The second-order valence-electron chi connectivity index (χ2n) is 6.35. The number of aromatic nitrogens is 3. The van der Waals surface area contributed by atoms with Crippen molar-refractivity contribution in [3.63, 3.8) is 0 Å². The zero-order chi connectivity index (χ0) is 17.8. The summed E-state index contributed by atoms with van der Waals surface area (Å²) in [6.07, 6.45) is 3.85. The molecule has 5 nitrogen and oxygen atoms in total. The first-order valence-corrected chi connectivity index (χ1v) is 8.49. The number of ether oxygens (including phenoxy) is 1. The van der Waals surface area contributed by atoms with Gasteiger partial charge in [-0.05, 0) is 75.4 Å². The van der Waals surface area contributed by atoms with E-state index in [1.165, 1.54) is 5.56 Å². The van der Waals surface area contributed by atoms with Gasteiger partial charge in [0.15, 0.2) is 5.82 Å². The maximum absolute atomic E-state index is 6.02. The summed E-state index contributed by atoms with van der Waals surface area (Å²) in [5.74, 6) is 2.11. The van der Waals surface area contributed by atoms with Crippen molar-refractivity contribution in [3.8, 4) is 17.2 Å². The number of benzene rings is 1. The Bertz CT molecular complexity index is 831. The molecule has 130 valence electrons. The molecule has 3 aromatic rings. The number of hydrogen-bond donors (Lipinski definition) is 0. The van der Waals surface area contributed by atoms with Gasteiger partial charge in [0.2, 0.25) is 0 Å². The van der Waals surface area contributed by atoms with Gasteiger partial charge in [0, 0.05) is 17.5 Å². The van der Waals surface area contributed by atoms with E-state index in [2.05, 4.69) is 21.2 Å². The van der Waals surface area contributed by atoms with Gasteiger partial charge in [0.1, 0.15) is 5.75 Å². The van der Waals surface area contributed by atoms with Crippen LogP contribution in [0.2, 0.25) is 0 Å². The molecule has 0 amide bonds. The molecule has 5 heteroatoms. The van der Waals surface area contributed by atoms with Crippen LogP contribution >= 0.6 is 0 Å². The van der Waals surface area contributed by atoms with Gasteiger partial charge in [-0.15, -0.1) is 0 Å². The van der Waals surface area contributed by atoms with Crippen molar-refractivity contribution >= 4 is 0 Å². The Labute approximate surface area is 148 Å². The molecule has 0 aliphatic carbocycles. The quantitative estimate of drug-likeness (QED) is 0.625. The van der Waals surface area contributed by atoms with Crippen LogP contribution in [0, 0.1) is 27.7 Å². The number of nitrogens with zero attached hydrogens (tertiary/aromatic N) is 3. The molecule has 0 aliphatic rings. The molecule has 25 heavy (non-hydrogen) atoms. The molecular weight excluding hydrogens is 314 g/mol. The molecule has 3 rings (SSSR count). The van der Waals surface area contributed by atoms with Crippen LogP contribution in [0.5, 0.6) is 5.75 Å². The van der Waals surface area contributed by atoms with Gasteiger partial charge in [-0.25, -0.2) is 0 Å². The minimum atomic E-state index is 0.544. The van der Waals surface area contributed by atoms with Crippen LogP contribution in [0.4, 0.5) is 0 Å². The molecule has 1 aromatic carbocycles. The average molecular weight is 337 g/mol. The third-order valence-electron chi connectivity index (χ3n) is 4.06. The van der Waals surface area contributed by atoms with E-state index >= 15 is 0 Å². The predicted octanol–water partition coefficient (Wildman–Crippen LogP) is 4.38. The molecule has 2 heterocycles. The van der Waals surface area contributed by atoms with Crippen LogP contribution in [-0.2, 0) is 6.42 Å². The summed E-state index contributed by atoms with van der Waals surface area (Å²) >= 11 is 0. The SMILES string of the molecule is Cc1ccc(CCCOc2c(C)cc(-c3nc(C)no3)cc2C)cn1. The van der Waals surface area contributed by atoms with E-state index in [1.807, 2.05) is 52.1 Å². The summed E-state index contributed by atoms with van der Waals surface area (Å²) in [6.45, 7) is 8.57. The Hall–Kier alpha value is -2.69. The van der Waals surface area contributed by atoms with Crippen molar-refractivity contribution in [1.29, 1.82) is 0 Å². The highest BCUT2D eigenvalue weighted by atomic mass is 16.5. The topological polar surface area (TPSA) is 61.0 Å². The fourth-order valence-corrected chi connectivity index (χ4v) is 2.81. The van der Waals surface area contributed by atoms with Gasteiger partial charge >= 0.3 is 0 Å². The smallest absolute Gasteiger partial charge is 0.257 e. The van der Waals surface area contributed by atoms with Gasteiger partial charge < -0.3 is 9.26 Å². The van der Waals surface area contributed by atoms with Crippen LogP contribution in [-0.4, -0.2) is 21.7 Å². The lowest BCUT2D eigenvalue weighted by Gasteiger charge is -2.13. The monoisotopic (exact) mass is 337 g/mol. The number of aryl methyl sites for hydroxylation is 5. The van der Waals surface area contributed by atoms with E-state index in [9.17, 15) is 0 Å². The highest BCUT2D eigenvalue weighted by Gasteiger charge is 2.12. The standard InChI is InChI=1S/C20H23N3O2/c1-13-10-18(20-22-16(4)23-25-20)11-14(2)19(13)24-9-5-6-17-8-7-15(3)21-12-17/h7-8,10-12H,5-6,9H2,1-4H3. The molecular formula is C20H23N3O2. The van der Waals surface area contributed by atoms with Crippen molar-refractivity contribution in [2.24, 2.45) is 0 Å². The number of hydrogen-bond acceptors (Lipinski definition) is 5. The molecule has 0 bridgehead atoms. The lowest BCUT2D eigenvalue weighted by atomic mass is 10.1. The van der Waals surface area contributed by atoms with Crippen LogP contribution in [0.15, 0.2) is 35.0 Å². The Kier molecular flexibility index (Phi) is 5.12. The van der Waals surface area contributed by atoms with Crippen molar-refractivity contribution < 1.29 is 9.26 Å². The van der Waals surface area contributed by atoms with Crippen LogP contribution in [0.1, 0.15) is 34.6 Å². The average Bonchev–Trinajstić information content (AvgIpc) is 3.01. The van der Waals surface area contributed by atoms with Crippen molar-refractivity contribution in [2.45, 2.75) is 40.5 Å². The summed E-state index contributed by atoms with van der Waals surface area (Å²) < 4.78 is 11.3. The van der Waals surface area contributed by atoms with Crippen molar-refractivity contribution in [1.82, 2.24) is 15.1 Å². The summed E-state index contributed by atoms with van der Waals surface area (Å²) in [5, 5.41) is 3.85. The first kappa shape index (κ1) is 17.1. The van der Waals surface area contributed by atoms with Crippen LogP contribution < -0.4 is 4.74 Å². The first-order valence-electron chi connectivity index (χ1n) is 8.49. The van der Waals surface area contributed by atoms with Crippen molar-refractivity contribution in [3.05, 3.63) is 58.7 Å². The highest BCUT2D eigenvalue weighted by molar-refractivity contribution is 5.60. The lowest BCUT2D eigenvalue weighted by molar-refractivity contribution is 0.307. The van der Waals surface area contributed by atoms with Crippen LogP contribution in [0.3, 0.4) is 0 Å². The molecule has 0 N–H and O–H groups in total. The number of pyridine rings is 1.